The first-order valence-electron chi connectivity index (χ1n) is 11.9. The Labute approximate surface area is 195 Å². The predicted octanol–water partition coefficient (Wildman–Crippen LogP) is 4.42. The molecule has 3 atom stereocenters. The average Bonchev–Trinajstić information content (AvgIpc) is 3.50. The normalized spacial score (nSPS) is 26.1. The lowest BCUT2D eigenvalue weighted by atomic mass is 9.85. The smallest absolute Gasteiger partial charge is 0.243 e. The quantitative estimate of drug-likeness (QED) is 0.574. The summed E-state index contributed by atoms with van der Waals surface area (Å²) in [5.74, 6) is 7.42. The maximum Gasteiger partial charge on any atom is 0.243 e. The molecule has 3 aliphatic heterocycles. The van der Waals surface area contributed by atoms with Gasteiger partial charge < -0.3 is 4.90 Å². The molecule has 4 nitrogen and oxygen atoms in total. The van der Waals surface area contributed by atoms with Crippen LogP contribution in [0.5, 0.6) is 0 Å². The van der Waals surface area contributed by atoms with Crippen LogP contribution in [-0.2, 0) is 11.3 Å². The number of likely N-dealkylation sites (tertiary alicyclic amines) is 1. The molecule has 0 unspecified atom stereocenters. The summed E-state index contributed by atoms with van der Waals surface area (Å²) in [5.41, 5.74) is 4.13. The fourth-order valence-corrected chi connectivity index (χ4v) is 6.28. The molecule has 1 spiro atoms. The van der Waals surface area contributed by atoms with Crippen LogP contribution in [0.25, 0.3) is 0 Å². The maximum atomic E-state index is 13.8. The SMILES string of the molecule is O=C1N(Cc2cccnc2)C[C@@H]2C[C@@H](c3ccccc3C#Cc3ccccc3)N3CCC[C@@]123. The zero-order valence-corrected chi connectivity index (χ0v) is 18.7. The second-order valence-corrected chi connectivity index (χ2v) is 9.42. The van der Waals surface area contributed by atoms with E-state index in [1.54, 1.807) is 6.20 Å². The third kappa shape index (κ3) is 3.35. The molecule has 4 heteroatoms. The van der Waals surface area contributed by atoms with Crippen LogP contribution in [0.2, 0.25) is 0 Å². The minimum Gasteiger partial charge on any atom is -0.336 e. The van der Waals surface area contributed by atoms with E-state index in [1.165, 1.54) is 5.56 Å². The molecule has 3 saturated heterocycles. The van der Waals surface area contributed by atoms with Crippen molar-refractivity contribution in [3.8, 4) is 11.8 Å². The van der Waals surface area contributed by atoms with Crippen LogP contribution in [0.4, 0.5) is 0 Å². The second kappa shape index (κ2) is 8.17. The van der Waals surface area contributed by atoms with E-state index in [0.717, 1.165) is 49.0 Å². The first-order chi connectivity index (χ1) is 16.3. The first kappa shape index (κ1) is 20.2. The Kier molecular flexibility index (Phi) is 5.00. The molecule has 3 aromatic rings. The van der Waals surface area contributed by atoms with E-state index in [2.05, 4.69) is 57.0 Å². The highest BCUT2D eigenvalue weighted by Gasteiger charge is 2.65. The van der Waals surface area contributed by atoms with Crippen molar-refractivity contribution in [2.75, 3.05) is 13.1 Å². The van der Waals surface area contributed by atoms with Gasteiger partial charge in [0.1, 0.15) is 5.54 Å². The van der Waals surface area contributed by atoms with E-state index in [9.17, 15) is 4.79 Å². The van der Waals surface area contributed by atoms with Gasteiger partial charge in [-0.2, -0.15) is 0 Å². The number of carbonyl (C=O) groups excluding carboxylic acids is 1. The van der Waals surface area contributed by atoms with Crippen LogP contribution in [0.3, 0.4) is 0 Å². The molecular formula is C29H27N3O. The van der Waals surface area contributed by atoms with E-state index in [0.29, 0.717) is 18.4 Å². The molecule has 164 valence electrons. The van der Waals surface area contributed by atoms with Crippen LogP contribution >= 0.6 is 0 Å². The molecule has 0 N–H and O–H groups in total. The number of aromatic nitrogens is 1. The summed E-state index contributed by atoms with van der Waals surface area (Å²) in [6.07, 6.45) is 6.71. The van der Waals surface area contributed by atoms with Gasteiger partial charge in [-0.3, -0.25) is 14.7 Å². The Morgan fingerprint density at radius 1 is 1.00 bits per heavy atom. The largest absolute Gasteiger partial charge is 0.336 e. The van der Waals surface area contributed by atoms with E-state index in [4.69, 9.17) is 0 Å². The van der Waals surface area contributed by atoms with Gasteiger partial charge in [0.05, 0.1) is 0 Å². The molecule has 3 aliphatic rings. The Bertz CT molecular complexity index is 1230. The van der Waals surface area contributed by atoms with Crippen molar-refractivity contribution in [3.63, 3.8) is 0 Å². The standard InChI is InChI=1S/C29H27N3O/c33-28-29-15-7-17-32(29)27(18-25(29)21-31(28)20-23-10-6-16-30-19-23)26-12-5-4-11-24(26)14-13-22-8-2-1-3-9-22/h1-6,8-12,16,19,25,27H,7,15,17-18,20-21H2/t25-,27-,29-/m0/s1. The second-order valence-electron chi connectivity index (χ2n) is 9.42. The van der Waals surface area contributed by atoms with Crippen molar-refractivity contribution in [2.45, 2.75) is 37.4 Å². The monoisotopic (exact) mass is 433 g/mol. The highest BCUT2D eigenvalue weighted by molar-refractivity contribution is 5.90. The number of hydrogen-bond acceptors (Lipinski definition) is 3. The van der Waals surface area contributed by atoms with E-state index < -0.39 is 0 Å². The summed E-state index contributed by atoms with van der Waals surface area (Å²) < 4.78 is 0. The topological polar surface area (TPSA) is 36.4 Å². The van der Waals surface area contributed by atoms with Crippen molar-refractivity contribution in [1.82, 2.24) is 14.8 Å². The predicted molar refractivity (Wildman–Crippen MR) is 128 cm³/mol. The minimum absolute atomic E-state index is 0.253. The van der Waals surface area contributed by atoms with Gasteiger partial charge in [-0.05, 0) is 61.2 Å². The lowest BCUT2D eigenvalue weighted by Gasteiger charge is -2.34. The highest BCUT2D eigenvalue weighted by Crippen LogP contribution is 2.56. The average molecular weight is 434 g/mol. The zero-order chi connectivity index (χ0) is 22.3. The summed E-state index contributed by atoms with van der Waals surface area (Å²) in [7, 11) is 0. The molecule has 4 heterocycles. The Morgan fingerprint density at radius 3 is 2.70 bits per heavy atom. The summed E-state index contributed by atoms with van der Waals surface area (Å²) in [6, 6.07) is 22.9. The van der Waals surface area contributed by atoms with Gasteiger partial charge in [0.15, 0.2) is 0 Å². The molecule has 33 heavy (non-hydrogen) atoms. The van der Waals surface area contributed by atoms with Crippen molar-refractivity contribution >= 4 is 5.91 Å². The number of hydrogen-bond donors (Lipinski definition) is 0. The molecule has 6 rings (SSSR count). The van der Waals surface area contributed by atoms with Gasteiger partial charge in [-0.25, -0.2) is 0 Å². The number of nitrogens with zero attached hydrogens (tertiary/aromatic N) is 3. The maximum absolute atomic E-state index is 13.8. The first-order valence-corrected chi connectivity index (χ1v) is 11.9. The van der Waals surface area contributed by atoms with Crippen molar-refractivity contribution in [1.29, 1.82) is 0 Å². The number of benzene rings is 2. The molecule has 1 amide bonds. The highest BCUT2D eigenvalue weighted by atomic mass is 16.2. The van der Waals surface area contributed by atoms with Crippen molar-refractivity contribution < 1.29 is 4.79 Å². The lowest BCUT2D eigenvalue weighted by Crippen LogP contribution is -2.49. The molecule has 0 radical (unpaired) electrons. The fraction of sp³-hybridized carbons (Fsp3) is 0.310. The fourth-order valence-electron chi connectivity index (χ4n) is 6.28. The third-order valence-corrected chi connectivity index (χ3v) is 7.66. The number of carbonyl (C=O) groups is 1. The number of rotatable bonds is 3. The molecule has 2 aromatic carbocycles. The molecule has 3 fully saturated rings. The lowest BCUT2D eigenvalue weighted by molar-refractivity contribution is -0.137. The summed E-state index contributed by atoms with van der Waals surface area (Å²) in [4.78, 5) is 22.6. The Hall–Kier alpha value is -3.42. The summed E-state index contributed by atoms with van der Waals surface area (Å²) in [5, 5.41) is 0. The van der Waals surface area contributed by atoms with Crippen molar-refractivity contribution in [2.24, 2.45) is 5.92 Å². The Morgan fingerprint density at radius 2 is 1.85 bits per heavy atom. The van der Waals surface area contributed by atoms with Crippen LogP contribution in [0.1, 0.15) is 47.6 Å². The van der Waals surface area contributed by atoms with Crippen LogP contribution in [0.15, 0.2) is 79.1 Å². The molecular weight excluding hydrogens is 406 g/mol. The van der Waals surface area contributed by atoms with Crippen LogP contribution in [0, 0.1) is 17.8 Å². The van der Waals surface area contributed by atoms with E-state index >= 15 is 0 Å². The van der Waals surface area contributed by atoms with Gasteiger partial charge in [0, 0.05) is 48.6 Å². The third-order valence-electron chi connectivity index (χ3n) is 7.66. The van der Waals surface area contributed by atoms with Gasteiger partial charge in [0.2, 0.25) is 5.91 Å². The van der Waals surface area contributed by atoms with Gasteiger partial charge in [-0.1, -0.05) is 54.3 Å². The van der Waals surface area contributed by atoms with Crippen molar-refractivity contribution in [3.05, 3.63) is 101 Å². The number of amides is 1. The molecule has 1 aromatic heterocycles. The zero-order valence-electron chi connectivity index (χ0n) is 18.7. The summed E-state index contributed by atoms with van der Waals surface area (Å²) >= 11 is 0. The minimum atomic E-state index is -0.340. The summed E-state index contributed by atoms with van der Waals surface area (Å²) in [6.45, 7) is 2.47. The van der Waals surface area contributed by atoms with Crippen LogP contribution in [-0.4, -0.2) is 39.3 Å². The Balaban J connectivity index is 1.30. The van der Waals surface area contributed by atoms with Gasteiger partial charge in [-0.15, -0.1) is 0 Å². The van der Waals surface area contributed by atoms with Gasteiger partial charge in [0.25, 0.3) is 0 Å². The molecule has 0 saturated carbocycles. The number of pyridine rings is 1. The molecule has 0 bridgehead atoms. The van der Waals surface area contributed by atoms with E-state index in [1.807, 2.05) is 42.6 Å². The van der Waals surface area contributed by atoms with Gasteiger partial charge >= 0.3 is 0 Å². The van der Waals surface area contributed by atoms with E-state index in [-0.39, 0.29) is 11.6 Å². The van der Waals surface area contributed by atoms with Crippen LogP contribution < -0.4 is 0 Å². The molecule has 0 aliphatic carbocycles.